The van der Waals surface area contributed by atoms with Crippen molar-refractivity contribution in [1.29, 1.82) is 0 Å². The van der Waals surface area contributed by atoms with Gasteiger partial charge in [-0.25, -0.2) is 9.37 Å². The highest BCUT2D eigenvalue weighted by molar-refractivity contribution is 5.95. The molecule has 1 N–H and O–H groups in total. The van der Waals surface area contributed by atoms with E-state index >= 15 is 0 Å². The molecule has 0 saturated heterocycles. The van der Waals surface area contributed by atoms with Gasteiger partial charge in [-0.05, 0) is 55.7 Å². The van der Waals surface area contributed by atoms with Crippen molar-refractivity contribution in [1.82, 2.24) is 9.55 Å². The van der Waals surface area contributed by atoms with Gasteiger partial charge in [0.25, 0.3) is 11.5 Å². The first-order valence-corrected chi connectivity index (χ1v) is 10.7. The Labute approximate surface area is 184 Å². The molecule has 1 heterocycles. The van der Waals surface area contributed by atoms with Crippen LogP contribution in [0.25, 0.3) is 10.9 Å². The predicted molar refractivity (Wildman–Crippen MR) is 118 cm³/mol. The van der Waals surface area contributed by atoms with Gasteiger partial charge < -0.3 is 10.1 Å². The second kappa shape index (κ2) is 9.30. The fourth-order valence-corrected chi connectivity index (χ4v) is 3.59. The van der Waals surface area contributed by atoms with Gasteiger partial charge in [-0.3, -0.25) is 19.0 Å². The van der Waals surface area contributed by atoms with Crippen LogP contribution in [0.2, 0.25) is 0 Å². The number of esters is 1. The van der Waals surface area contributed by atoms with Crippen LogP contribution in [-0.4, -0.2) is 27.5 Å². The average molecular weight is 437 g/mol. The molecule has 32 heavy (non-hydrogen) atoms. The van der Waals surface area contributed by atoms with E-state index in [0.717, 1.165) is 12.8 Å². The molecule has 8 heteroatoms. The van der Waals surface area contributed by atoms with E-state index in [1.165, 1.54) is 24.3 Å². The van der Waals surface area contributed by atoms with Crippen LogP contribution in [-0.2, 0) is 20.7 Å². The zero-order valence-electron chi connectivity index (χ0n) is 17.7. The number of carbonyl (C=O) groups excluding carboxylic acids is 2. The Bertz CT molecular complexity index is 1200. The summed E-state index contributed by atoms with van der Waals surface area (Å²) < 4.78 is 20.1. The smallest absolute Gasteiger partial charge is 0.307 e. The van der Waals surface area contributed by atoms with Crippen molar-refractivity contribution < 1.29 is 18.7 Å². The molecule has 1 aliphatic rings. The zero-order valence-corrected chi connectivity index (χ0v) is 17.7. The SMILES string of the molecule is CC[C@H](OC(=O)CCc1nc2ccccc2c(=O)n1C1CC1)C(=O)Nc1ccc(F)cc1. The van der Waals surface area contributed by atoms with E-state index in [0.29, 0.717) is 28.8 Å². The Morgan fingerprint density at radius 1 is 1.19 bits per heavy atom. The number of rotatable bonds is 8. The Hall–Kier alpha value is -3.55. The number of hydrogen-bond acceptors (Lipinski definition) is 5. The molecule has 3 aromatic rings. The molecule has 1 aromatic heterocycles. The third kappa shape index (κ3) is 4.85. The number of aryl methyl sites for hydroxylation is 1. The van der Waals surface area contributed by atoms with Gasteiger partial charge in [0.1, 0.15) is 11.6 Å². The maximum Gasteiger partial charge on any atom is 0.307 e. The number of aromatic nitrogens is 2. The molecule has 1 saturated carbocycles. The molecule has 0 spiro atoms. The number of halogens is 1. The van der Waals surface area contributed by atoms with Crippen molar-refractivity contribution >= 4 is 28.5 Å². The number of hydrogen-bond donors (Lipinski definition) is 1. The van der Waals surface area contributed by atoms with E-state index in [1.807, 2.05) is 12.1 Å². The number of nitrogens with zero attached hydrogens (tertiary/aromatic N) is 2. The summed E-state index contributed by atoms with van der Waals surface area (Å²) in [6.07, 6.45) is 1.39. The van der Waals surface area contributed by atoms with Crippen molar-refractivity contribution in [3.8, 4) is 0 Å². The van der Waals surface area contributed by atoms with Crippen LogP contribution in [0.5, 0.6) is 0 Å². The van der Waals surface area contributed by atoms with Crippen LogP contribution in [0.1, 0.15) is 44.5 Å². The Morgan fingerprint density at radius 2 is 1.91 bits per heavy atom. The molecule has 1 atom stereocenters. The largest absolute Gasteiger partial charge is 0.452 e. The number of carbonyl (C=O) groups is 2. The summed E-state index contributed by atoms with van der Waals surface area (Å²) in [5.41, 5.74) is 0.925. The van der Waals surface area contributed by atoms with Crippen molar-refractivity contribution in [3.63, 3.8) is 0 Å². The second-order valence-corrected chi connectivity index (χ2v) is 7.83. The van der Waals surface area contributed by atoms with Crippen molar-refractivity contribution in [2.24, 2.45) is 0 Å². The third-order valence-corrected chi connectivity index (χ3v) is 5.39. The molecule has 166 valence electrons. The van der Waals surface area contributed by atoms with Crippen molar-refractivity contribution in [2.45, 2.75) is 51.2 Å². The summed E-state index contributed by atoms with van der Waals surface area (Å²) >= 11 is 0. The monoisotopic (exact) mass is 437 g/mol. The number of benzene rings is 2. The minimum absolute atomic E-state index is 0.00215. The quantitative estimate of drug-likeness (QED) is 0.542. The lowest BCUT2D eigenvalue weighted by Crippen LogP contribution is -2.32. The molecule has 1 aliphatic carbocycles. The Morgan fingerprint density at radius 3 is 2.59 bits per heavy atom. The molecule has 7 nitrogen and oxygen atoms in total. The standard InChI is InChI=1S/C24H24FN3O4/c1-2-20(23(30)26-16-9-7-15(25)8-10-16)32-22(29)14-13-21-27-19-6-4-3-5-18(19)24(31)28(21)17-11-12-17/h3-10,17,20H,2,11-14H2,1H3,(H,26,30)/t20-/m0/s1. The summed E-state index contributed by atoms with van der Waals surface area (Å²) in [4.78, 5) is 42.4. The number of fused-ring (bicyclic) bond motifs is 1. The molecule has 4 rings (SSSR count). The van der Waals surface area contributed by atoms with Gasteiger partial charge in [-0.15, -0.1) is 0 Å². The lowest BCUT2D eigenvalue weighted by Gasteiger charge is -2.17. The predicted octanol–water partition coefficient (Wildman–Crippen LogP) is 3.76. The molecule has 0 unspecified atom stereocenters. The van der Waals surface area contributed by atoms with Gasteiger partial charge in [0.05, 0.1) is 17.3 Å². The highest BCUT2D eigenvalue weighted by Gasteiger charge is 2.29. The summed E-state index contributed by atoms with van der Waals surface area (Å²) in [6, 6.07) is 12.6. The summed E-state index contributed by atoms with van der Waals surface area (Å²) in [5, 5.41) is 3.18. The molecule has 0 aliphatic heterocycles. The first-order chi connectivity index (χ1) is 15.5. The van der Waals surface area contributed by atoms with Gasteiger partial charge in [0.15, 0.2) is 6.10 Å². The van der Waals surface area contributed by atoms with Crippen LogP contribution in [0.4, 0.5) is 10.1 Å². The summed E-state index contributed by atoms with van der Waals surface area (Å²) in [7, 11) is 0. The first-order valence-electron chi connectivity index (χ1n) is 10.7. The molecular weight excluding hydrogens is 413 g/mol. The molecule has 1 amide bonds. The molecule has 1 fully saturated rings. The van der Waals surface area contributed by atoms with E-state index in [-0.39, 0.29) is 24.4 Å². The van der Waals surface area contributed by atoms with E-state index in [9.17, 15) is 18.8 Å². The molecular formula is C24H24FN3O4. The summed E-state index contributed by atoms with van der Waals surface area (Å²) in [5.74, 6) is -0.882. The van der Waals surface area contributed by atoms with Crippen LogP contribution in [0.15, 0.2) is 53.3 Å². The van der Waals surface area contributed by atoms with E-state index in [4.69, 9.17) is 4.74 Å². The van der Waals surface area contributed by atoms with E-state index in [1.54, 1.807) is 23.6 Å². The summed E-state index contributed by atoms with van der Waals surface area (Å²) in [6.45, 7) is 1.73. The second-order valence-electron chi connectivity index (χ2n) is 7.83. The average Bonchev–Trinajstić information content (AvgIpc) is 3.62. The van der Waals surface area contributed by atoms with Gasteiger partial charge >= 0.3 is 5.97 Å². The normalized spacial score (nSPS) is 14.2. The van der Waals surface area contributed by atoms with Gasteiger partial charge in [-0.1, -0.05) is 19.1 Å². The highest BCUT2D eigenvalue weighted by atomic mass is 19.1. The minimum Gasteiger partial charge on any atom is -0.452 e. The number of nitrogens with one attached hydrogen (secondary N) is 1. The number of amides is 1. The topological polar surface area (TPSA) is 90.3 Å². The third-order valence-electron chi connectivity index (χ3n) is 5.39. The van der Waals surface area contributed by atoms with Crippen molar-refractivity contribution in [2.75, 3.05) is 5.32 Å². The zero-order chi connectivity index (χ0) is 22.7. The van der Waals surface area contributed by atoms with E-state index < -0.39 is 23.8 Å². The number of anilines is 1. The minimum atomic E-state index is -0.970. The van der Waals surface area contributed by atoms with Gasteiger partial charge in [0.2, 0.25) is 0 Å². The van der Waals surface area contributed by atoms with Crippen LogP contribution >= 0.6 is 0 Å². The van der Waals surface area contributed by atoms with E-state index in [2.05, 4.69) is 10.3 Å². The lowest BCUT2D eigenvalue weighted by atomic mass is 10.2. The number of para-hydroxylation sites is 1. The van der Waals surface area contributed by atoms with Crippen LogP contribution in [0, 0.1) is 5.82 Å². The van der Waals surface area contributed by atoms with Gasteiger partial charge in [-0.2, -0.15) is 0 Å². The van der Waals surface area contributed by atoms with Crippen LogP contribution in [0.3, 0.4) is 0 Å². The molecule has 0 radical (unpaired) electrons. The Kier molecular flexibility index (Phi) is 6.30. The maximum absolute atomic E-state index is 13.0. The molecule has 2 aromatic carbocycles. The highest BCUT2D eigenvalue weighted by Crippen LogP contribution is 2.35. The van der Waals surface area contributed by atoms with Gasteiger partial charge in [0, 0.05) is 18.2 Å². The first kappa shape index (κ1) is 21.7. The van der Waals surface area contributed by atoms with Crippen molar-refractivity contribution in [3.05, 3.63) is 70.5 Å². The maximum atomic E-state index is 13.0. The van der Waals surface area contributed by atoms with Crippen LogP contribution < -0.4 is 10.9 Å². The fourth-order valence-electron chi connectivity index (χ4n) is 3.59. The lowest BCUT2D eigenvalue weighted by molar-refractivity contribution is -0.154. The Balaban J connectivity index is 1.42. The number of ether oxygens (including phenoxy) is 1. The fraction of sp³-hybridized carbons (Fsp3) is 0.333. The molecule has 0 bridgehead atoms.